The van der Waals surface area contributed by atoms with E-state index in [4.69, 9.17) is 0 Å². The van der Waals surface area contributed by atoms with Gasteiger partial charge in [-0.05, 0) is 29.7 Å². The molecule has 0 aliphatic carbocycles. The van der Waals surface area contributed by atoms with E-state index >= 15 is 0 Å². The van der Waals surface area contributed by atoms with Gasteiger partial charge in [-0.2, -0.15) is 5.10 Å². The number of hydrogen-bond acceptors (Lipinski definition) is 3. The maximum Gasteiger partial charge on any atom is 0.255 e. The summed E-state index contributed by atoms with van der Waals surface area (Å²) in [7, 11) is 1.89. The Bertz CT molecular complexity index is 932. The first-order valence-corrected chi connectivity index (χ1v) is 9.36. The van der Waals surface area contributed by atoms with Crippen molar-refractivity contribution >= 4 is 5.91 Å². The Labute approximate surface area is 159 Å². The van der Waals surface area contributed by atoms with E-state index in [1.54, 1.807) is 10.9 Å². The fraction of sp³-hybridized carbons (Fsp3) is 0.273. The van der Waals surface area contributed by atoms with Crippen LogP contribution in [0.3, 0.4) is 0 Å². The molecule has 0 spiro atoms. The van der Waals surface area contributed by atoms with Crippen LogP contribution in [0.2, 0.25) is 0 Å². The fourth-order valence-electron chi connectivity index (χ4n) is 3.70. The van der Waals surface area contributed by atoms with Gasteiger partial charge < -0.3 is 10.6 Å². The summed E-state index contributed by atoms with van der Waals surface area (Å²) >= 11 is 0. The van der Waals surface area contributed by atoms with Crippen LogP contribution in [0.5, 0.6) is 0 Å². The Hall–Kier alpha value is -2.92. The van der Waals surface area contributed by atoms with Crippen LogP contribution in [-0.4, -0.2) is 28.8 Å². The SMILES string of the molecule is Cn1ncc(C(=O)NC2CNCCc3ccccc32)c1Cc1ccccc1. The summed E-state index contributed by atoms with van der Waals surface area (Å²) in [6, 6.07) is 18.5. The minimum Gasteiger partial charge on any atom is -0.344 e. The van der Waals surface area contributed by atoms with Crippen LogP contribution in [0.1, 0.15) is 38.8 Å². The quantitative estimate of drug-likeness (QED) is 0.752. The Morgan fingerprint density at radius 1 is 1.19 bits per heavy atom. The lowest BCUT2D eigenvalue weighted by Gasteiger charge is -2.19. The molecule has 1 atom stereocenters. The molecule has 4 rings (SSSR count). The normalized spacial score (nSPS) is 16.4. The number of aryl methyl sites for hydroxylation is 1. The third-order valence-electron chi connectivity index (χ3n) is 5.18. The monoisotopic (exact) mass is 360 g/mol. The molecule has 1 aliphatic heterocycles. The van der Waals surface area contributed by atoms with Gasteiger partial charge in [0.2, 0.25) is 0 Å². The highest BCUT2D eigenvalue weighted by Crippen LogP contribution is 2.22. The van der Waals surface area contributed by atoms with Gasteiger partial charge in [0, 0.05) is 20.0 Å². The second-order valence-corrected chi connectivity index (χ2v) is 6.97. The predicted molar refractivity (Wildman–Crippen MR) is 106 cm³/mol. The van der Waals surface area contributed by atoms with Gasteiger partial charge in [-0.25, -0.2) is 0 Å². The molecule has 0 saturated heterocycles. The van der Waals surface area contributed by atoms with Crippen LogP contribution < -0.4 is 10.6 Å². The molecule has 0 fully saturated rings. The lowest BCUT2D eigenvalue weighted by Crippen LogP contribution is -2.35. The van der Waals surface area contributed by atoms with E-state index in [1.807, 2.05) is 31.3 Å². The van der Waals surface area contributed by atoms with Crippen LogP contribution in [0, 0.1) is 0 Å². The number of benzene rings is 2. The number of fused-ring (bicyclic) bond motifs is 1. The second kappa shape index (κ2) is 7.76. The van der Waals surface area contributed by atoms with Crippen molar-refractivity contribution in [2.24, 2.45) is 7.05 Å². The molecule has 2 N–H and O–H groups in total. The van der Waals surface area contributed by atoms with E-state index in [-0.39, 0.29) is 11.9 Å². The summed E-state index contributed by atoms with van der Waals surface area (Å²) in [6.45, 7) is 1.66. The molecule has 1 aromatic heterocycles. The van der Waals surface area contributed by atoms with E-state index < -0.39 is 0 Å². The second-order valence-electron chi connectivity index (χ2n) is 6.97. The topological polar surface area (TPSA) is 59.0 Å². The Kier molecular flexibility index (Phi) is 5.03. The van der Waals surface area contributed by atoms with E-state index in [9.17, 15) is 4.79 Å². The van der Waals surface area contributed by atoms with Gasteiger partial charge in [-0.3, -0.25) is 9.48 Å². The number of carbonyl (C=O) groups excluding carboxylic acids is 1. The summed E-state index contributed by atoms with van der Waals surface area (Å²) < 4.78 is 1.79. The largest absolute Gasteiger partial charge is 0.344 e. The third-order valence-corrected chi connectivity index (χ3v) is 5.18. The van der Waals surface area contributed by atoms with Crippen LogP contribution in [0.25, 0.3) is 0 Å². The standard InChI is InChI=1S/C22H24N4O/c1-26-21(13-16-7-3-2-4-8-16)19(14-24-26)22(27)25-20-15-23-12-11-17-9-5-6-10-18(17)20/h2-10,14,20,23H,11-13,15H2,1H3,(H,25,27). The molecular weight excluding hydrogens is 336 g/mol. The van der Waals surface area contributed by atoms with Crippen molar-refractivity contribution in [3.63, 3.8) is 0 Å². The van der Waals surface area contributed by atoms with Crippen molar-refractivity contribution < 1.29 is 4.79 Å². The summed E-state index contributed by atoms with van der Waals surface area (Å²) in [5.41, 5.74) is 5.22. The number of nitrogens with zero attached hydrogens (tertiary/aromatic N) is 2. The van der Waals surface area contributed by atoms with Crippen LogP contribution in [0.4, 0.5) is 0 Å². The van der Waals surface area contributed by atoms with E-state index in [0.29, 0.717) is 12.0 Å². The first-order chi connectivity index (χ1) is 13.2. The maximum absolute atomic E-state index is 13.1. The van der Waals surface area contributed by atoms with Crippen molar-refractivity contribution in [1.82, 2.24) is 20.4 Å². The zero-order chi connectivity index (χ0) is 18.6. The molecule has 0 bridgehead atoms. The van der Waals surface area contributed by atoms with Gasteiger partial charge in [0.25, 0.3) is 5.91 Å². The summed E-state index contributed by atoms with van der Waals surface area (Å²) in [5, 5.41) is 11.0. The van der Waals surface area contributed by atoms with Crippen LogP contribution in [-0.2, 0) is 19.9 Å². The Morgan fingerprint density at radius 3 is 2.81 bits per heavy atom. The first kappa shape index (κ1) is 17.5. The summed E-state index contributed by atoms with van der Waals surface area (Å²) in [5.74, 6) is -0.0717. The van der Waals surface area contributed by atoms with Gasteiger partial charge in [0.05, 0.1) is 23.5 Å². The Morgan fingerprint density at radius 2 is 1.96 bits per heavy atom. The van der Waals surface area contributed by atoms with Crippen molar-refractivity contribution in [1.29, 1.82) is 0 Å². The fourth-order valence-corrected chi connectivity index (χ4v) is 3.70. The maximum atomic E-state index is 13.1. The zero-order valence-corrected chi connectivity index (χ0v) is 15.5. The molecular formula is C22H24N4O. The average molecular weight is 360 g/mol. The molecule has 138 valence electrons. The highest BCUT2D eigenvalue weighted by molar-refractivity contribution is 5.95. The molecule has 5 heteroatoms. The average Bonchev–Trinajstić information content (AvgIpc) is 2.93. The van der Waals surface area contributed by atoms with Gasteiger partial charge >= 0.3 is 0 Å². The summed E-state index contributed by atoms with van der Waals surface area (Å²) in [6.07, 6.45) is 3.33. The lowest BCUT2D eigenvalue weighted by molar-refractivity contribution is 0.0935. The van der Waals surface area contributed by atoms with E-state index in [0.717, 1.165) is 30.8 Å². The molecule has 0 radical (unpaired) electrons. The molecule has 27 heavy (non-hydrogen) atoms. The van der Waals surface area contributed by atoms with Crippen molar-refractivity contribution in [3.05, 3.63) is 88.7 Å². The highest BCUT2D eigenvalue weighted by Gasteiger charge is 2.23. The van der Waals surface area contributed by atoms with Crippen molar-refractivity contribution in [2.45, 2.75) is 18.9 Å². The summed E-state index contributed by atoms with van der Waals surface area (Å²) in [4.78, 5) is 13.1. The minimum absolute atomic E-state index is 0.0408. The van der Waals surface area contributed by atoms with E-state index in [1.165, 1.54) is 11.1 Å². The lowest BCUT2D eigenvalue weighted by atomic mass is 9.99. The molecule has 2 aromatic carbocycles. The van der Waals surface area contributed by atoms with E-state index in [2.05, 4.69) is 46.1 Å². The molecule has 1 unspecified atom stereocenters. The van der Waals surface area contributed by atoms with Crippen LogP contribution >= 0.6 is 0 Å². The number of hydrogen-bond donors (Lipinski definition) is 2. The van der Waals surface area contributed by atoms with Gasteiger partial charge in [0.1, 0.15) is 0 Å². The third kappa shape index (κ3) is 3.78. The molecule has 2 heterocycles. The number of carbonyl (C=O) groups is 1. The predicted octanol–water partition coefficient (Wildman–Crippen LogP) is 2.63. The molecule has 3 aromatic rings. The number of aromatic nitrogens is 2. The van der Waals surface area contributed by atoms with Gasteiger partial charge in [-0.15, -0.1) is 0 Å². The molecule has 1 aliphatic rings. The van der Waals surface area contributed by atoms with Gasteiger partial charge in [0.15, 0.2) is 0 Å². The number of amides is 1. The molecule has 0 saturated carbocycles. The molecule has 1 amide bonds. The zero-order valence-electron chi connectivity index (χ0n) is 15.5. The molecule has 5 nitrogen and oxygen atoms in total. The van der Waals surface area contributed by atoms with Gasteiger partial charge in [-0.1, -0.05) is 54.6 Å². The van der Waals surface area contributed by atoms with Crippen LogP contribution in [0.15, 0.2) is 60.8 Å². The smallest absolute Gasteiger partial charge is 0.255 e. The number of nitrogens with one attached hydrogen (secondary N) is 2. The Balaban J connectivity index is 1.57. The first-order valence-electron chi connectivity index (χ1n) is 9.36. The number of rotatable bonds is 4. The van der Waals surface area contributed by atoms with Crippen molar-refractivity contribution in [3.8, 4) is 0 Å². The minimum atomic E-state index is -0.0717. The highest BCUT2D eigenvalue weighted by atomic mass is 16.1. The van der Waals surface area contributed by atoms with Crippen molar-refractivity contribution in [2.75, 3.05) is 13.1 Å².